The number of carbonyl (C=O) groups excluding carboxylic acids is 2. The van der Waals surface area contributed by atoms with E-state index in [1.54, 1.807) is 24.3 Å². The summed E-state index contributed by atoms with van der Waals surface area (Å²) in [5.41, 5.74) is 0.793. The van der Waals surface area contributed by atoms with Gasteiger partial charge >= 0.3 is 18.2 Å². The first-order valence-electron chi connectivity index (χ1n) is 10.3. The molecule has 0 radical (unpaired) electrons. The molecule has 0 bridgehead atoms. The van der Waals surface area contributed by atoms with E-state index in [4.69, 9.17) is 11.6 Å². The molecule has 1 saturated carbocycles. The zero-order valence-corrected chi connectivity index (χ0v) is 17.5. The van der Waals surface area contributed by atoms with E-state index in [-0.39, 0.29) is 6.42 Å². The summed E-state index contributed by atoms with van der Waals surface area (Å²) in [7, 11) is 0. The Morgan fingerprint density at radius 1 is 1.23 bits per heavy atom. The van der Waals surface area contributed by atoms with E-state index in [1.165, 1.54) is 0 Å². The molecule has 0 spiro atoms. The number of carboxylic acids is 1. The van der Waals surface area contributed by atoms with Gasteiger partial charge in [0.05, 0.1) is 5.92 Å². The molecule has 6 nitrogen and oxygen atoms in total. The maximum atomic E-state index is 13.6. The third-order valence-electron chi connectivity index (χ3n) is 6.07. The van der Waals surface area contributed by atoms with E-state index in [1.807, 2.05) is 5.32 Å². The van der Waals surface area contributed by atoms with Crippen LogP contribution in [0.25, 0.3) is 0 Å². The van der Waals surface area contributed by atoms with Crippen LogP contribution in [0, 0.1) is 11.8 Å². The van der Waals surface area contributed by atoms with Crippen molar-refractivity contribution in [3.8, 4) is 0 Å². The van der Waals surface area contributed by atoms with Crippen molar-refractivity contribution in [2.45, 2.75) is 63.2 Å². The molecular weight excluding hydrogens is 437 g/mol. The summed E-state index contributed by atoms with van der Waals surface area (Å²) in [5.74, 6) is -3.97. The number of halogens is 4. The van der Waals surface area contributed by atoms with Crippen LogP contribution in [0.15, 0.2) is 24.3 Å². The van der Waals surface area contributed by atoms with Crippen molar-refractivity contribution < 1.29 is 32.7 Å². The number of imide groups is 1. The topological polar surface area (TPSA) is 86.7 Å². The van der Waals surface area contributed by atoms with Gasteiger partial charge in [0, 0.05) is 5.02 Å². The number of likely N-dealkylation sites (tertiary alicyclic amines) is 1. The van der Waals surface area contributed by atoms with E-state index in [2.05, 4.69) is 0 Å². The van der Waals surface area contributed by atoms with Crippen molar-refractivity contribution in [3.05, 3.63) is 34.9 Å². The number of hydrogen-bond acceptors (Lipinski definition) is 3. The average molecular weight is 461 g/mol. The molecule has 1 saturated heterocycles. The lowest BCUT2D eigenvalue weighted by Gasteiger charge is -2.44. The Bertz CT molecular complexity index is 842. The molecule has 31 heavy (non-hydrogen) atoms. The molecule has 0 aromatic heterocycles. The molecule has 3 rings (SSSR count). The zero-order valence-electron chi connectivity index (χ0n) is 16.7. The molecule has 1 heterocycles. The molecule has 2 fully saturated rings. The highest BCUT2D eigenvalue weighted by Crippen LogP contribution is 2.36. The second-order valence-electron chi connectivity index (χ2n) is 8.13. The highest BCUT2D eigenvalue weighted by molar-refractivity contribution is 6.30. The van der Waals surface area contributed by atoms with Crippen molar-refractivity contribution in [3.63, 3.8) is 0 Å². The number of nitrogens with zero attached hydrogens (tertiary/aromatic N) is 1. The monoisotopic (exact) mass is 460 g/mol. The molecule has 170 valence electrons. The second kappa shape index (κ2) is 9.46. The third kappa shape index (κ3) is 5.31. The van der Waals surface area contributed by atoms with Crippen molar-refractivity contribution in [2.24, 2.45) is 11.8 Å². The summed E-state index contributed by atoms with van der Waals surface area (Å²) in [6, 6.07) is 1.95. The fourth-order valence-electron chi connectivity index (χ4n) is 4.49. The quantitative estimate of drug-likeness (QED) is 0.616. The lowest BCUT2D eigenvalue weighted by Crippen LogP contribution is -2.69. The van der Waals surface area contributed by atoms with Gasteiger partial charge in [0.25, 0.3) is 0 Å². The van der Waals surface area contributed by atoms with Crippen LogP contribution in [0.1, 0.15) is 44.1 Å². The van der Waals surface area contributed by atoms with E-state index in [0.29, 0.717) is 42.0 Å². The lowest BCUT2D eigenvalue weighted by atomic mass is 9.82. The van der Waals surface area contributed by atoms with Crippen LogP contribution < -0.4 is 5.32 Å². The number of urea groups is 1. The molecule has 1 aromatic carbocycles. The van der Waals surface area contributed by atoms with Crippen LogP contribution in [0.3, 0.4) is 0 Å². The van der Waals surface area contributed by atoms with E-state index in [0.717, 1.165) is 12.0 Å². The first-order valence-corrected chi connectivity index (χ1v) is 10.6. The average Bonchev–Trinajstić information content (AvgIpc) is 2.69. The third-order valence-corrected chi connectivity index (χ3v) is 6.31. The van der Waals surface area contributed by atoms with Crippen LogP contribution in [0.2, 0.25) is 5.02 Å². The van der Waals surface area contributed by atoms with E-state index >= 15 is 0 Å². The fourth-order valence-corrected chi connectivity index (χ4v) is 4.70. The highest BCUT2D eigenvalue weighted by atomic mass is 35.5. The second-order valence-corrected chi connectivity index (χ2v) is 8.57. The summed E-state index contributed by atoms with van der Waals surface area (Å²) in [6.07, 6.45) is -1.43. The van der Waals surface area contributed by atoms with Crippen LogP contribution in [0.5, 0.6) is 0 Å². The number of amides is 3. The van der Waals surface area contributed by atoms with Gasteiger partial charge in [-0.15, -0.1) is 0 Å². The van der Waals surface area contributed by atoms with Crippen LogP contribution in [-0.2, 0) is 16.0 Å². The van der Waals surface area contributed by atoms with Crippen LogP contribution >= 0.6 is 11.6 Å². The molecule has 2 N–H and O–H groups in total. The lowest BCUT2D eigenvalue weighted by molar-refractivity contribution is -0.173. The summed E-state index contributed by atoms with van der Waals surface area (Å²) < 4.78 is 40.7. The number of aliphatic carboxylic acids is 1. The normalized spacial score (nSPS) is 23.2. The molecule has 1 aliphatic heterocycles. The van der Waals surface area contributed by atoms with Crippen molar-refractivity contribution >= 4 is 29.5 Å². The number of β-lactam (4-membered cyclic amide) rings is 1. The number of nitrogens with one attached hydrogen (secondary N) is 1. The molecule has 0 unspecified atom stereocenters. The summed E-state index contributed by atoms with van der Waals surface area (Å²) in [6.45, 7) is 0. The number of carbonyl (C=O) groups is 3. The van der Waals surface area contributed by atoms with Crippen molar-refractivity contribution in [1.29, 1.82) is 0 Å². The SMILES string of the molecule is O=C(O)[C@@H]1[C@@H](CCc2cccc(Cl)c2)C(=O)N1C(=O)N[C@@H](C1CCCCC1)C(F)(F)F. The minimum Gasteiger partial charge on any atom is -0.480 e. The number of rotatable bonds is 6. The minimum atomic E-state index is -4.68. The Morgan fingerprint density at radius 2 is 1.90 bits per heavy atom. The number of alkyl halides is 3. The number of benzene rings is 1. The molecular formula is C21H24ClF3N2O4. The molecule has 1 aliphatic carbocycles. The van der Waals surface area contributed by atoms with Gasteiger partial charge in [-0.25, -0.2) is 14.5 Å². The van der Waals surface area contributed by atoms with Gasteiger partial charge in [-0.2, -0.15) is 13.2 Å². The zero-order chi connectivity index (χ0) is 22.8. The summed E-state index contributed by atoms with van der Waals surface area (Å²) in [5, 5.41) is 11.9. The highest BCUT2D eigenvalue weighted by Gasteiger charge is 2.56. The van der Waals surface area contributed by atoms with Gasteiger partial charge in [-0.1, -0.05) is 43.0 Å². The van der Waals surface area contributed by atoms with Gasteiger partial charge in [0.1, 0.15) is 6.04 Å². The summed E-state index contributed by atoms with van der Waals surface area (Å²) >= 11 is 5.92. The van der Waals surface area contributed by atoms with Gasteiger partial charge in [-0.05, 0) is 49.3 Å². The van der Waals surface area contributed by atoms with Gasteiger partial charge < -0.3 is 10.4 Å². The standard InChI is InChI=1S/C21H24ClF3N2O4/c22-14-8-4-5-12(11-14)9-10-15-16(19(29)30)27(18(15)28)20(31)26-17(21(23,24)25)13-6-2-1-3-7-13/h4-5,8,11,13,15-17H,1-3,6-7,9-10H2,(H,26,31)(H,29,30)/t15-,16+,17+/m1/s1. The predicted molar refractivity (Wildman–Crippen MR) is 106 cm³/mol. The fraction of sp³-hybridized carbons (Fsp3) is 0.571. The number of hydrogen-bond donors (Lipinski definition) is 2. The maximum Gasteiger partial charge on any atom is 0.408 e. The molecule has 2 aliphatic rings. The van der Waals surface area contributed by atoms with Gasteiger partial charge in [0.2, 0.25) is 5.91 Å². The first-order chi connectivity index (χ1) is 14.6. The first kappa shape index (κ1) is 23.4. The minimum absolute atomic E-state index is 0.144. The Morgan fingerprint density at radius 3 is 2.48 bits per heavy atom. The predicted octanol–water partition coefficient (Wildman–Crippen LogP) is 4.41. The van der Waals surface area contributed by atoms with E-state index < -0.39 is 48.0 Å². The smallest absolute Gasteiger partial charge is 0.408 e. The largest absolute Gasteiger partial charge is 0.480 e. The van der Waals surface area contributed by atoms with Gasteiger partial charge in [-0.3, -0.25) is 4.79 Å². The van der Waals surface area contributed by atoms with Crippen LogP contribution in [-0.4, -0.2) is 46.2 Å². The van der Waals surface area contributed by atoms with Crippen LogP contribution in [0.4, 0.5) is 18.0 Å². The molecule has 10 heteroatoms. The maximum absolute atomic E-state index is 13.6. The van der Waals surface area contributed by atoms with Crippen molar-refractivity contribution in [2.75, 3.05) is 0 Å². The molecule has 3 amide bonds. The van der Waals surface area contributed by atoms with Gasteiger partial charge in [0.15, 0.2) is 6.04 Å². The van der Waals surface area contributed by atoms with Crippen molar-refractivity contribution in [1.82, 2.24) is 10.2 Å². The number of aryl methyl sites for hydroxylation is 1. The number of carboxylic acid groups (broad SMARTS) is 1. The Kier molecular flexibility index (Phi) is 7.13. The Labute approximate surface area is 182 Å². The Balaban J connectivity index is 1.68. The Hall–Kier alpha value is -2.29. The summed E-state index contributed by atoms with van der Waals surface area (Å²) in [4.78, 5) is 37.1. The molecule has 1 aromatic rings. The molecule has 3 atom stereocenters. The van der Waals surface area contributed by atoms with E-state index in [9.17, 15) is 32.7 Å².